The highest BCUT2D eigenvalue weighted by atomic mass is 16.3. The summed E-state index contributed by atoms with van der Waals surface area (Å²) in [6.45, 7) is 7.23. The number of hydrogen-bond acceptors (Lipinski definition) is 3. The van der Waals surface area contributed by atoms with Gasteiger partial charge < -0.3 is 10.2 Å². The van der Waals surface area contributed by atoms with E-state index in [0.29, 0.717) is 17.2 Å². The van der Waals surface area contributed by atoms with Gasteiger partial charge in [0.2, 0.25) is 0 Å². The number of rotatable bonds is 3. The minimum atomic E-state index is 0.402. The highest BCUT2D eigenvalue weighted by Crippen LogP contribution is 2.18. The molecule has 0 saturated carbocycles. The predicted octanol–water partition coefficient (Wildman–Crippen LogP) is 1.90. The fourth-order valence-corrected chi connectivity index (χ4v) is 0.955. The molecule has 0 amide bonds. The second kappa shape index (κ2) is 3.76. The van der Waals surface area contributed by atoms with Crippen LogP contribution in [-0.2, 0) is 0 Å². The molecule has 3 heteroatoms. The molecule has 0 bridgehead atoms. The van der Waals surface area contributed by atoms with Crippen molar-refractivity contribution in [2.75, 3.05) is 7.05 Å². The molecule has 0 unspecified atom stereocenters. The maximum absolute atomic E-state index is 5.48. The average molecular weight is 176 g/mol. The summed E-state index contributed by atoms with van der Waals surface area (Å²) in [5.41, 5.74) is 6.75. The first kappa shape index (κ1) is 9.32. The van der Waals surface area contributed by atoms with Gasteiger partial charge in [-0.25, -0.2) is 0 Å². The highest BCUT2D eigenvalue weighted by molar-refractivity contribution is 5.83. The van der Waals surface area contributed by atoms with Crippen LogP contribution in [0.3, 0.4) is 0 Å². The lowest BCUT2D eigenvalue weighted by Crippen LogP contribution is -1.90. The molecule has 13 heavy (non-hydrogen) atoms. The lowest BCUT2D eigenvalue weighted by Gasteiger charge is -1.89. The zero-order valence-electron chi connectivity index (χ0n) is 7.58. The second-order valence-corrected chi connectivity index (χ2v) is 2.55. The zero-order valence-corrected chi connectivity index (χ0v) is 7.58. The maximum Gasteiger partial charge on any atom is 0.152 e. The molecular formula is C10H12N2O. The van der Waals surface area contributed by atoms with E-state index >= 15 is 0 Å². The van der Waals surface area contributed by atoms with Crippen molar-refractivity contribution in [1.82, 2.24) is 0 Å². The van der Waals surface area contributed by atoms with Crippen LogP contribution < -0.4 is 5.73 Å². The molecule has 3 nitrogen and oxygen atoms in total. The standard InChI is InChI=1S/C10H12N2O/c1-4-8-5-9(7(2)11)13-10(8)6-12-3/h4-6H,1-2,11H2,3H3. The summed E-state index contributed by atoms with van der Waals surface area (Å²) in [6.07, 6.45) is 3.30. The average Bonchev–Trinajstić information content (AvgIpc) is 2.48. The first-order valence-electron chi connectivity index (χ1n) is 3.82. The maximum atomic E-state index is 5.48. The lowest BCUT2D eigenvalue weighted by atomic mass is 10.2. The van der Waals surface area contributed by atoms with Gasteiger partial charge in [0.25, 0.3) is 0 Å². The van der Waals surface area contributed by atoms with Gasteiger partial charge in [-0.2, -0.15) is 0 Å². The molecule has 0 aliphatic heterocycles. The number of aliphatic imine (C=N–C) groups is 1. The van der Waals surface area contributed by atoms with Crippen LogP contribution in [-0.4, -0.2) is 13.3 Å². The van der Waals surface area contributed by atoms with Crippen molar-refractivity contribution in [2.45, 2.75) is 0 Å². The van der Waals surface area contributed by atoms with Crippen LogP contribution in [0.25, 0.3) is 11.8 Å². The normalized spacial score (nSPS) is 10.5. The van der Waals surface area contributed by atoms with Crippen molar-refractivity contribution >= 4 is 18.0 Å². The Morgan fingerprint density at radius 1 is 1.69 bits per heavy atom. The van der Waals surface area contributed by atoms with E-state index in [0.717, 1.165) is 5.56 Å². The van der Waals surface area contributed by atoms with Gasteiger partial charge >= 0.3 is 0 Å². The number of hydrogen-bond donors (Lipinski definition) is 1. The topological polar surface area (TPSA) is 51.5 Å². The molecule has 68 valence electrons. The summed E-state index contributed by atoms with van der Waals surface area (Å²) in [5, 5.41) is 0. The Bertz CT molecular complexity index is 361. The molecule has 0 aliphatic carbocycles. The van der Waals surface area contributed by atoms with E-state index in [4.69, 9.17) is 10.2 Å². The smallest absolute Gasteiger partial charge is 0.152 e. The SMILES string of the molecule is C=Cc1cc(C(=C)N)oc1C=NC. The van der Waals surface area contributed by atoms with Gasteiger partial charge in [-0.05, 0) is 6.07 Å². The fourth-order valence-electron chi connectivity index (χ4n) is 0.955. The highest BCUT2D eigenvalue weighted by Gasteiger charge is 2.06. The van der Waals surface area contributed by atoms with Crippen molar-refractivity contribution in [3.63, 3.8) is 0 Å². The Morgan fingerprint density at radius 3 is 2.85 bits per heavy atom. The lowest BCUT2D eigenvalue weighted by molar-refractivity contribution is 0.545. The van der Waals surface area contributed by atoms with Crippen molar-refractivity contribution in [3.8, 4) is 0 Å². The Kier molecular flexibility index (Phi) is 2.69. The quantitative estimate of drug-likeness (QED) is 0.715. The van der Waals surface area contributed by atoms with Crippen LogP contribution in [0.4, 0.5) is 0 Å². The van der Waals surface area contributed by atoms with E-state index in [2.05, 4.69) is 18.2 Å². The third kappa shape index (κ3) is 1.87. The number of nitrogens with zero attached hydrogens (tertiary/aromatic N) is 1. The first-order valence-corrected chi connectivity index (χ1v) is 3.82. The second-order valence-electron chi connectivity index (χ2n) is 2.55. The molecule has 0 spiro atoms. The van der Waals surface area contributed by atoms with Gasteiger partial charge in [0, 0.05) is 12.6 Å². The Morgan fingerprint density at radius 2 is 2.38 bits per heavy atom. The van der Waals surface area contributed by atoms with Crippen LogP contribution in [0.2, 0.25) is 0 Å². The summed E-state index contributed by atoms with van der Waals surface area (Å²) in [7, 11) is 1.67. The van der Waals surface area contributed by atoms with Crippen molar-refractivity contribution < 1.29 is 4.42 Å². The van der Waals surface area contributed by atoms with Crippen LogP contribution >= 0.6 is 0 Å². The predicted molar refractivity (Wildman–Crippen MR) is 55.5 cm³/mol. The van der Waals surface area contributed by atoms with Crippen LogP contribution in [0.15, 0.2) is 28.6 Å². The zero-order chi connectivity index (χ0) is 9.84. The molecule has 1 heterocycles. The summed E-state index contributed by atoms with van der Waals surface area (Å²) in [5.74, 6) is 1.21. The van der Waals surface area contributed by atoms with Gasteiger partial charge in [-0.1, -0.05) is 19.2 Å². The molecule has 0 aliphatic rings. The van der Waals surface area contributed by atoms with Crippen LogP contribution in [0.1, 0.15) is 17.1 Å². The van der Waals surface area contributed by atoms with Gasteiger partial charge in [-0.15, -0.1) is 0 Å². The first-order chi connectivity index (χ1) is 6.19. The van der Waals surface area contributed by atoms with Gasteiger partial charge in [0.05, 0.1) is 11.9 Å². The molecule has 0 atom stereocenters. The Hall–Kier alpha value is -1.77. The van der Waals surface area contributed by atoms with E-state index in [-0.39, 0.29) is 0 Å². The Balaban J connectivity index is 3.18. The van der Waals surface area contributed by atoms with E-state index in [1.165, 1.54) is 0 Å². The monoisotopic (exact) mass is 176 g/mol. The minimum Gasteiger partial charge on any atom is -0.453 e. The molecule has 1 aromatic rings. The molecular weight excluding hydrogens is 164 g/mol. The third-order valence-electron chi connectivity index (χ3n) is 1.57. The van der Waals surface area contributed by atoms with E-state index in [1.807, 2.05) is 0 Å². The molecule has 0 aromatic carbocycles. The molecule has 0 fully saturated rings. The molecule has 1 aromatic heterocycles. The van der Waals surface area contributed by atoms with E-state index in [1.54, 1.807) is 25.4 Å². The third-order valence-corrected chi connectivity index (χ3v) is 1.57. The molecule has 0 saturated heterocycles. The largest absolute Gasteiger partial charge is 0.453 e. The van der Waals surface area contributed by atoms with Gasteiger partial charge in [-0.3, -0.25) is 4.99 Å². The molecule has 1 rings (SSSR count). The van der Waals surface area contributed by atoms with E-state index < -0.39 is 0 Å². The van der Waals surface area contributed by atoms with Crippen molar-refractivity contribution in [3.05, 3.63) is 36.3 Å². The van der Waals surface area contributed by atoms with Crippen molar-refractivity contribution in [1.29, 1.82) is 0 Å². The summed E-state index contributed by atoms with van der Waals surface area (Å²) >= 11 is 0. The fraction of sp³-hybridized carbons (Fsp3) is 0.100. The van der Waals surface area contributed by atoms with Crippen LogP contribution in [0.5, 0.6) is 0 Å². The summed E-state index contributed by atoms with van der Waals surface area (Å²) in [6, 6.07) is 1.78. The molecule has 0 radical (unpaired) electrons. The number of nitrogens with two attached hydrogens (primary N) is 1. The number of furan rings is 1. The van der Waals surface area contributed by atoms with Gasteiger partial charge in [0.1, 0.15) is 0 Å². The molecule has 2 N–H and O–H groups in total. The summed E-state index contributed by atoms with van der Waals surface area (Å²) < 4.78 is 5.36. The minimum absolute atomic E-state index is 0.402. The van der Waals surface area contributed by atoms with E-state index in [9.17, 15) is 0 Å². The summed E-state index contributed by atoms with van der Waals surface area (Å²) in [4.78, 5) is 3.85. The van der Waals surface area contributed by atoms with Gasteiger partial charge in [0.15, 0.2) is 11.5 Å². The van der Waals surface area contributed by atoms with Crippen molar-refractivity contribution in [2.24, 2.45) is 10.7 Å². The van der Waals surface area contributed by atoms with Crippen LogP contribution in [0, 0.1) is 0 Å². The Labute approximate surface area is 77.3 Å².